The second-order valence-electron chi connectivity index (χ2n) is 10.3. The Bertz CT molecular complexity index is 1850. The van der Waals surface area contributed by atoms with E-state index in [1.807, 2.05) is 12.1 Å². The highest BCUT2D eigenvalue weighted by Crippen LogP contribution is 2.30. The van der Waals surface area contributed by atoms with E-state index >= 15 is 0 Å². The number of nitrogens with zero attached hydrogens (tertiary/aromatic N) is 8. The minimum Gasteiger partial charge on any atom is -0.324 e. The van der Waals surface area contributed by atoms with Crippen LogP contribution in [0.2, 0.25) is 0 Å². The fourth-order valence-corrected chi connectivity index (χ4v) is 5.56. The van der Waals surface area contributed by atoms with Crippen LogP contribution in [0, 0.1) is 11.3 Å². The summed E-state index contributed by atoms with van der Waals surface area (Å²) in [7, 11) is 1.70. The smallest absolute Gasteiger partial charge is 0.278 e. The lowest BCUT2D eigenvalue weighted by Crippen LogP contribution is -2.33. The molecule has 4 aromatic rings. The highest BCUT2D eigenvalue weighted by Gasteiger charge is 2.24. The molecule has 3 heterocycles. The Kier molecular flexibility index (Phi) is 7.27. The maximum atomic E-state index is 13.3. The number of likely N-dealkylation sites (N-methyl/N-ethyl adjacent to an activating group) is 1. The number of aromatic nitrogens is 5. The summed E-state index contributed by atoms with van der Waals surface area (Å²) in [4.78, 5) is 29.1. The topological polar surface area (TPSA) is 134 Å². The summed E-state index contributed by atoms with van der Waals surface area (Å²) in [6.45, 7) is 3.99. The molecule has 1 unspecified atom stereocenters. The molecule has 1 N–H and O–H groups in total. The van der Waals surface area contributed by atoms with E-state index in [1.165, 1.54) is 23.4 Å². The van der Waals surface area contributed by atoms with Crippen molar-refractivity contribution in [3.8, 4) is 11.9 Å². The number of nitrogens with one attached hydrogen (secondary N) is 1. The second-order valence-corrected chi connectivity index (χ2v) is 12.8. The van der Waals surface area contributed by atoms with Crippen molar-refractivity contribution < 1.29 is 4.21 Å². The van der Waals surface area contributed by atoms with Crippen LogP contribution in [0.5, 0.6) is 0 Å². The van der Waals surface area contributed by atoms with Gasteiger partial charge in [0.2, 0.25) is 5.95 Å². The van der Waals surface area contributed by atoms with E-state index in [9.17, 15) is 14.3 Å². The van der Waals surface area contributed by atoms with Gasteiger partial charge in [0.1, 0.15) is 5.39 Å². The number of benzene rings is 1. The second kappa shape index (κ2) is 10.7. The lowest BCUT2D eigenvalue weighted by molar-refractivity contribution is 0.268. The third-order valence-corrected chi connectivity index (χ3v) is 7.49. The van der Waals surface area contributed by atoms with E-state index in [4.69, 9.17) is 0 Å². The van der Waals surface area contributed by atoms with Crippen LogP contribution in [0.4, 0.5) is 17.5 Å². The largest absolute Gasteiger partial charge is 0.324 e. The van der Waals surface area contributed by atoms with Gasteiger partial charge in [-0.3, -0.25) is 4.79 Å². The summed E-state index contributed by atoms with van der Waals surface area (Å²) in [6, 6.07) is 11.7. The third kappa shape index (κ3) is 5.38. The van der Waals surface area contributed by atoms with Gasteiger partial charge in [-0.25, -0.2) is 23.5 Å². The number of pyridine rings is 1. The zero-order valence-electron chi connectivity index (χ0n) is 23.0. The summed E-state index contributed by atoms with van der Waals surface area (Å²) in [6.07, 6.45) is 8.88. The van der Waals surface area contributed by atoms with Crippen LogP contribution < -0.4 is 10.9 Å². The minimum absolute atomic E-state index is 0.212. The number of anilines is 2. The molecule has 0 saturated carbocycles. The molecule has 0 aliphatic heterocycles. The summed E-state index contributed by atoms with van der Waals surface area (Å²) in [5.41, 5.74) is 3.62. The Morgan fingerprint density at radius 2 is 2.10 bits per heavy atom. The maximum Gasteiger partial charge on any atom is 0.278 e. The van der Waals surface area contributed by atoms with Gasteiger partial charge in [0.05, 0.1) is 18.2 Å². The molecule has 1 atom stereocenters. The standard InChI is InChI=1S/C28H31N9O2S/c1-6-12-36-27(38)23-17-30-28(33-26(23)37(36)25-9-7-8-24(32-25)34-40(4,5)39)31-20-13-18-10-11-21(35(2)3)15-22(18)19(14-20)16-29/h6-9,13-14,17,21H,1,10-12,15H2,2-5H3,(H,30,31,33). The van der Waals surface area contributed by atoms with Crippen LogP contribution in [0.3, 0.4) is 0 Å². The van der Waals surface area contributed by atoms with Crippen molar-refractivity contribution in [1.29, 1.82) is 5.26 Å². The monoisotopic (exact) mass is 557 g/mol. The van der Waals surface area contributed by atoms with E-state index in [1.54, 1.807) is 29.0 Å². The van der Waals surface area contributed by atoms with E-state index in [0.29, 0.717) is 34.1 Å². The average Bonchev–Trinajstić information content (AvgIpc) is 3.17. The molecule has 0 amide bonds. The summed E-state index contributed by atoms with van der Waals surface area (Å²) >= 11 is 0. The zero-order valence-corrected chi connectivity index (χ0v) is 23.8. The van der Waals surface area contributed by atoms with Crippen molar-refractivity contribution in [1.82, 2.24) is 29.2 Å². The van der Waals surface area contributed by atoms with Crippen LogP contribution in [0.25, 0.3) is 16.9 Å². The number of allylic oxidation sites excluding steroid dienone is 1. The van der Waals surface area contributed by atoms with Gasteiger partial charge in [0.15, 0.2) is 17.3 Å². The van der Waals surface area contributed by atoms with E-state index in [2.05, 4.69) is 56.3 Å². The molecule has 1 aliphatic rings. The number of fused-ring (bicyclic) bond motifs is 2. The van der Waals surface area contributed by atoms with Crippen LogP contribution in [-0.2, 0) is 29.1 Å². The minimum atomic E-state index is -2.44. The number of aryl methyl sites for hydroxylation is 1. The number of nitriles is 1. The van der Waals surface area contributed by atoms with E-state index in [-0.39, 0.29) is 23.9 Å². The van der Waals surface area contributed by atoms with Gasteiger partial charge in [-0.2, -0.15) is 14.6 Å². The molecule has 1 aliphatic carbocycles. The van der Waals surface area contributed by atoms with Crippen LogP contribution in [0.1, 0.15) is 23.1 Å². The molecule has 206 valence electrons. The molecule has 0 bridgehead atoms. The molecule has 0 fully saturated rings. The molecule has 12 heteroatoms. The molecule has 0 spiro atoms. The predicted molar refractivity (Wildman–Crippen MR) is 157 cm³/mol. The molecule has 1 aromatic carbocycles. The quantitative estimate of drug-likeness (QED) is 0.341. The van der Waals surface area contributed by atoms with E-state index < -0.39 is 9.73 Å². The Morgan fingerprint density at radius 3 is 2.80 bits per heavy atom. The Labute approximate surface area is 233 Å². The molecule has 40 heavy (non-hydrogen) atoms. The lowest BCUT2D eigenvalue weighted by atomic mass is 9.84. The number of rotatable bonds is 7. The van der Waals surface area contributed by atoms with Crippen molar-refractivity contribution in [3.63, 3.8) is 0 Å². The Morgan fingerprint density at radius 1 is 1.30 bits per heavy atom. The van der Waals surface area contributed by atoms with Crippen molar-refractivity contribution in [2.45, 2.75) is 31.8 Å². The van der Waals surface area contributed by atoms with Crippen molar-refractivity contribution in [2.24, 2.45) is 4.36 Å². The first-order chi connectivity index (χ1) is 19.1. The van der Waals surface area contributed by atoms with Gasteiger partial charge in [-0.05, 0) is 68.8 Å². The van der Waals surface area contributed by atoms with Gasteiger partial charge >= 0.3 is 0 Å². The van der Waals surface area contributed by atoms with Crippen LogP contribution >= 0.6 is 0 Å². The molecule has 0 radical (unpaired) electrons. The average molecular weight is 558 g/mol. The molecule has 3 aromatic heterocycles. The Balaban J connectivity index is 1.59. The molecular weight excluding hydrogens is 526 g/mol. The first kappa shape index (κ1) is 27.2. The zero-order chi connectivity index (χ0) is 28.6. The van der Waals surface area contributed by atoms with Gasteiger partial charge in [-0.15, -0.1) is 6.58 Å². The summed E-state index contributed by atoms with van der Waals surface area (Å²) in [5, 5.41) is 13.4. The summed E-state index contributed by atoms with van der Waals surface area (Å²) in [5.74, 6) is 0.947. The summed E-state index contributed by atoms with van der Waals surface area (Å²) < 4.78 is 19.5. The van der Waals surface area contributed by atoms with Crippen LogP contribution in [0.15, 0.2) is 58.3 Å². The van der Waals surface area contributed by atoms with Crippen LogP contribution in [-0.4, -0.2) is 66.1 Å². The predicted octanol–water partition coefficient (Wildman–Crippen LogP) is 3.56. The molecule has 5 rings (SSSR count). The van der Waals surface area contributed by atoms with Crippen molar-refractivity contribution in [2.75, 3.05) is 31.9 Å². The molecule has 11 nitrogen and oxygen atoms in total. The normalized spacial score (nSPS) is 15.1. The molecule has 0 saturated heterocycles. The first-order valence-corrected chi connectivity index (χ1v) is 15.1. The fourth-order valence-electron chi connectivity index (χ4n) is 5.01. The maximum absolute atomic E-state index is 13.3. The highest BCUT2D eigenvalue weighted by atomic mass is 32.2. The van der Waals surface area contributed by atoms with Crippen molar-refractivity contribution >= 4 is 38.2 Å². The fraction of sp³-hybridized carbons (Fsp3) is 0.321. The lowest BCUT2D eigenvalue weighted by Gasteiger charge is -2.30. The number of hydrogen-bond acceptors (Lipinski definition) is 9. The van der Waals surface area contributed by atoms with Gasteiger partial charge < -0.3 is 10.2 Å². The van der Waals surface area contributed by atoms with E-state index in [0.717, 1.165) is 30.4 Å². The highest BCUT2D eigenvalue weighted by molar-refractivity contribution is 7.92. The molecular formula is C28H31N9O2S. The first-order valence-electron chi connectivity index (χ1n) is 12.8. The Hall–Kier alpha value is -4.34. The van der Waals surface area contributed by atoms with Gasteiger partial charge in [0.25, 0.3) is 5.56 Å². The number of hydrogen-bond donors (Lipinski definition) is 1. The van der Waals surface area contributed by atoms with Gasteiger partial charge in [-0.1, -0.05) is 12.1 Å². The SMILES string of the molecule is C=CCn1c(=O)c2cnc(Nc3cc(C#N)c4c(c3)CCC(N(C)C)C4)nc2n1-c1cccc(N=S(C)(C)=O)n1. The third-order valence-electron chi connectivity index (χ3n) is 6.86. The van der Waals surface area contributed by atoms with Gasteiger partial charge in [0, 0.05) is 40.2 Å². The van der Waals surface area contributed by atoms with Crippen molar-refractivity contribution in [3.05, 3.63) is 76.2 Å².